The van der Waals surface area contributed by atoms with Crippen molar-refractivity contribution in [1.82, 2.24) is 0 Å². The van der Waals surface area contributed by atoms with Crippen molar-refractivity contribution in [2.24, 2.45) is 0 Å². The highest BCUT2D eigenvalue weighted by atomic mass is 35.7. The lowest BCUT2D eigenvalue weighted by molar-refractivity contribution is 0.0373. The van der Waals surface area contributed by atoms with Gasteiger partial charge in [0.15, 0.2) is 0 Å². The first kappa shape index (κ1) is 13.0. The van der Waals surface area contributed by atoms with Crippen LogP contribution in [0, 0.1) is 0 Å². The van der Waals surface area contributed by atoms with Crippen LogP contribution in [-0.2, 0) is 13.8 Å². The highest BCUT2D eigenvalue weighted by molar-refractivity contribution is 8.13. The van der Waals surface area contributed by atoms with Crippen molar-refractivity contribution >= 4 is 25.7 Å². The molecule has 0 heterocycles. The van der Waals surface area contributed by atoms with Gasteiger partial charge in [0.2, 0.25) is 0 Å². The first-order valence-electron chi connectivity index (χ1n) is 4.57. The zero-order valence-corrected chi connectivity index (χ0v) is 10.4. The summed E-state index contributed by atoms with van der Waals surface area (Å²) in [5.74, 6) is -0.699. The van der Waals surface area contributed by atoms with Gasteiger partial charge in [0, 0.05) is 10.7 Å². The van der Waals surface area contributed by atoms with E-state index in [1.165, 1.54) is 18.2 Å². The highest BCUT2D eigenvalue weighted by Crippen LogP contribution is 2.20. The summed E-state index contributed by atoms with van der Waals surface area (Å²) in [5.41, 5.74) is -0.0498. The van der Waals surface area contributed by atoms with E-state index in [1.807, 2.05) is 0 Å². The number of carbonyl (C=O) groups is 1. The van der Waals surface area contributed by atoms with E-state index in [0.717, 1.165) is 0 Å². The standard InChI is InChI=1S/C10H11ClO4S/c1-7(2)15-10(12)8-5-3-4-6-9(8)16(11,13)14/h3-7H,1-2H3. The number of rotatable bonds is 3. The molecule has 0 unspecified atom stereocenters. The summed E-state index contributed by atoms with van der Waals surface area (Å²) in [5, 5.41) is 0. The van der Waals surface area contributed by atoms with Gasteiger partial charge in [-0.2, -0.15) is 0 Å². The Labute approximate surface area is 98.6 Å². The predicted molar refractivity (Wildman–Crippen MR) is 60.0 cm³/mol. The molecule has 0 saturated carbocycles. The Hall–Kier alpha value is -1.07. The number of hydrogen-bond donors (Lipinski definition) is 0. The molecule has 0 fully saturated rings. The molecule has 88 valence electrons. The minimum atomic E-state index is -3.94. The summed E-state index contributed by atoms with van der Waals surface area (Å²) in [7, 11) is 1.27. The number of carbonyl (C=O) groups excluding carboxylic acids is 1. The van der Waals surface area contributed by atoms with E-state index in [2.05, 4.69) is 0 Å². The van der Waals surface area contributed by atoms with E-state index in [0.29, 0.717) is 0 Å². The summed E-state index contributed by atoms with van der Waals surface area (Å²) in [4.78, 5) is 11.3. The van der Waals surface area contributed by atoms with Gasteiger partial charge in [0.1, 0.15) is 0 Å². The Morgan fingerprint density at radius 1 is 1.31 bits per heavy atom. The van der Waals surface area contributed by atoms with Crippen molar-refractivity contribution in [3.63, 3.8) is 0 Å². The Kier molecular flexibility index (Phi) is 3.93. The van der Waals surface area contributed by atoms with Crippen molar-refractivity contribution in [2.75, 3.05) is 0 Å². The lowest BCUT2D eigenvalue weighted by Crippen LogP contribution is -2.14. The molecule has 0 saturated heterocycles. The van der Waals surface area contributed by atoms with Gasteiger partial charge in [0.25, 0.3) is 9.05 Å². The first-order chi connectivity index (χ1) is 7.32. The van der Waals surface area contributed by atoms with Gasteiger partial charge >= 0.3 is 5.97 Å². The van der Waals surface area contributed by atoms with Gasteiger partial charge in [-0.15, -0.1) is 0 Å². The maximum atomic E-state index is 11.6. The quantitative estimate of drug-likeness (QED) is 0.619. The third kappa shape index (κ3) is 3.21. The second-order valence-electron chi connectivity index (χ2n) is 3.39. The van der Waals surface area contributed by atoms with E-state index < -0.39 is 15.0 Å². The summed E-state index contributed by atoms with van der Waals surface area (Å²) in [6.45, 7) is 3.35. The normalized spacial score (nSPS) is 11.5. The summed E-state index contributed by atoms with van der Waals surface area (Å²) in [6.07, 6.45) is -0.321. The van der Waals surface area contributed by atoms with E-state index in [1.54, 1.807) is 19.9 Å². The first-order valence-corrected chi connectivity index (χ1v) is 6.88. The van der Waals surface area contributed by atoms with Crippen LogP contribution in [0.1, 0.15) is 24.2 Å². The molecule has 1 aromatic rings. The highest BCUT2D eigenvalue weighted by Gasteiger charge is 2.21. The van der Waals surface area contributed by atoms with Crippen molar-refractivity contribution in [3.05, 3.63) is 29.8 Å². The average molecular weight is 263 g/mol. The molecule has 0 atom stereocenters. The van der Waals surface area contributed by atoms with E-state index >= 15 is 0 Å². The Morgan fingerprint density at radius 3 is 2.38 bits per heavy atom. The number of halogens is 1. The van der Waals surface area contributed by atoms with Crippen molar-refractivity contribution < 1.29 is 17.9 Å². The molecule has 1 aromatic carbocycles. The van der Waals surface area contributed by atoms with Crippen molar-refractivity contribution in [3.8, 4) is 0 Å². The molecular weight excluding hydrogens is 252 g/mol. The van der Waals surface area contributed by atoms with Crippen LogP contribution in [0.4, 0.5) is 0 Å². The molecule has 16 heavy (non-hydrogen) atoms. The van der Waals surface area contributed by atoms with Gasteiger partial charge in [-0.25, -0.2) is 13.2 Å². The number of hydrogen-bond acceptors (Lipinski definition) is 4. The fourth-order valence-electron chi connectivity index (χ4n) is 1.13. The Bertz CT molecular complexity index is 493. The Morgan fingerprint density at radius 2 is 1.88 bits per heavy atom. The second kappa shape index (κ2) is 4.84. The zero-order valence-electron chi connectivity index (χ0n) is 8.81. The van der Waals surface area contributed by atoms with E-state index in [9.17, 15) is 13.2 Å². The molecule has 4 nitrogen and oxygen atoms in total. The number of ether oxygens (including phenoxy) is 1. The molecule has 0 amide bonds. The summed E-state index contributed by atoms with van der Waals surface area (Å²) < 4.78 is 27.3. The molecule has 1 rings (SSSR count). The van der Waals surface area contributed by atoms with Crippen LogP contribution in [0.15, 0.2) is 29.2 Å². The average Bonchev–Trinajstić information content (AvgIpc) is 2.15. The zero-order chi connectivity index (χ0) is 12.3. The third-order valence-electron chi connectivity index (χ3n) is 1.71. The minimum absolute atomic E-state index is 0.0498. The fourth-order valence-corrected chi connectivity index (χ4v) is 2.18. The molecule has 0 bridgehead atoms. The van der Waals surface area contributed by atoms with Crippen LogP contribution in [0.3, 0.4) is 0 Å². The fraction of sp³-hybridized carbons (Fsp3) is 0.300. The van der Waals surface area contributed by atoms with Crippen LogP contribution in [0.5, 0.6) is 0 Å². The smallest absolute Gasteiger partial charge is 0.339 e. The molecular formula is C10H11ClO4S. The monoisotopic (exact) mass is 262 g/mol. The van der Waals surface area contributed by atoms with Gasteiger partial charge in [-0.3, -0.25) is 0 Å². The lowest BCUT2D eigenvalue weighted by atomic mass is 10.2. The molecule has 0 spiro atoms. The maximum absolute atomic E-state index is 11.6. The Balaban J connectivity index is 3.19. The number of benzene rings is 1. The molecule has 0 aliphatic carbocycles. The van der Waals surface area contributed by atoms with Gasteiger partial charge in [-0.1, -0.05) is 12.1 Å². The van der Waals surface area contributed by atoms with Crippen LogP contribution in [0.2, 0.25) is 0 Å². The van der Waals surface area contributed by atoms with Gasteiger partial charge in [0.05, 0.1) is 16.6 Å². The molecule has 0 aromatic heterocycles. The van der Waals surface area contributed by atoms with Crippen LogP contribution in [0.25, 0.3) is 0 Å². The molecule has 0 aliphatic heterocycles. The lowest BCUT2D eigenvalue weighted by Gasteiger charge is -2.09. The van der Waals surface area contributed by atoms with E-state index in [-0.39, 0.29) is 16.6 Å². The minimum Gasteiger partial charge on any atom is -0.459 e. The largest absolute Gasteiger partial charge is 0.459 e. The second-order valence-corrected chi connectivity index (χ2v) is 5.92. The SMILES string of the molecule is CC(C)OC(=O)c1ccccc1S(=O)(=O)Cl. The molecule has 0 aliphatic rings. The van der Waals surface area contributed by atoms with Gasteiger partial charge < -0.3 is 4.74 Å². The molecule has 0 N–H and O–H groups in total. The molecule has 0 radical (unpaired) electrons. The molecule has 6 heteroatoms. The van der Waals surface area contributed by atoms with Crippen LogP contribution in [-0.4, -0.2) is 20.5 Å². The van der Waals surface area contributed by atoms with E-state index in [4.69, 9.17) is 15.4 Å². The van der Waals surface area contributed by atoms with Crippen molar-refractivity contribution in [1.29, 1.82) is 0 Å². The van der Waals surface area contributed by atoms with Crippen LogP contribution < -0.4 is 0 Å². The number of esters is 1. The maximum Gasteiger partial charge on any atom is 0.339 e. The van der Waals surface area contributed by atoms with Crippen molar-refractivity contribution in [2.45, 2.75) is 24.8 Å². The van der Waals surface area contributed by atoms with Crippen LogP contribution >= 0.6 is 10.7 Å². The summed E-state index contributed by atoms with van der Waals surface area (Å²) >= 11 is 0. The predicted octanol–water partition coefficient (Wildman–Crippen LogP) is 2.18. The topological polar surface area (TPSA) is 60.4 Å². The summed E-state index contributed by atoms with van der Waals surface area (Å²) in [6, 6.07) is 5.66. The third-order valence-corrected chi connectivity index (χ3v) is 3.09. The van der Waals surface area contributed by atoms with Gasteiger partial charge in [-0.05, 0) is 26.0 Å².